The number of fused-ring (bicyclic) bond motifs is 7. The summed E-state index contributed by atoms with van der Waals surface area (Å²) in [7, 11) is 0. The van der Waals surface area contributed by atoms with Crippen LogP contribution in [0.3, 0.4) is 0 Å². The van der Waals surface area contributed by atoms with E-state index in [1.54, 1.807) is 0 Å². The summed E-state index contributed by atoms with van der Waals surface area (Å²) in [6.07, 6.45) is 8.50. The lowest BCUT2D eigenvalue weighted by Gasteiger charge is -2.09. The van der Waals surface area contributed by atoms with Crippen molar-refractivity contribution in [1.82, 2.24) is 17.9 Å². The van der Waals surface area contributed by atoms with Crippen LogP contribution in [0.15, 0.2) is 97.1 Å². The number of benzene rings is 5. The first-order valence-corrected chi connectivity index (χ1v) is 15.4. The molecule has 0 amide bonds. The minimum atomic E-state index is 0.941. The minimum absolute atomic E-state index is 0.941. The summed E-state index contributed by atoms with van der Waals surface area (Å²) in [5, 5.41) is 5.03. The lowest BCUT2D eigenvalue weighted by Crippen LogP contribution is -1.89. The third-order valence-corrected chi connectivity index (χ3v) is 9.08. The van der Waals surface area contributed by atoms with Gasteiger partial charge in [-0.25, -0.2) is 0 Å². The Balaban J connectivity index is 1.31. The maximum Gasteiger partial charge on any atom is 0.113 e. The maximum absolute atomic E-state index is 4.82. The molecule has 43 heavy (non-hydrogen) atoms. The zero-order chi connectivity index (χ0) is 29.2. The number of rotatable bonds is 4. The van der Waals surface area contributed by atoms with E-state index in [0.29, 0.717) is 0 Å². The molecule has 0 saturated heterocycles. The zero-order valence-corrected chi connectivity index (χ0v) is 25.4. The fraction of sp³-hybridized carbons (Fsp3) is 0.105. The van der Waals surface area contributed by atoms with Crippen LogP contribution < -0.4 is 0 Å². The van der Waals surface area contributed by atoms with Gasteiger partial charge in [-0.2, -0.15) is 8.75 Å². The van der Waals surface area contributed by atoms with E-state index in [2.05, 4.69) is 146 Å². The molecule has 0 fully saturated rings. The number of hydrogen-bond donors (Lipinski definition) is 0. The molecule has 0 radical (unpaired) electrons. The van der Waals surface area contributed by atoms with E-state index >= 15 is 0 Å². The maximum atomic E-state index is 4.82. The average molecular weight is 575 g/mol. The van der Waals surface area contributed by atoms with Gasteiger partial charge in [0.15, 0.2) is 0 Å². The molecule has 4 nitrogen and oxygen atoms in total. The number of aromatic nitrogens is 4. The lowest BCUT2D eigenvalue weighted by molar-refractivity contribution is 1.28. The summed E-state index contributed by atoms with van der Waals surface area (Å²) in [5.74, 6) is 0. The van der Waals surface area contributed by atoms with E-state index < -0.39 is 0 Å². The van der Waals surface area contributed by atoms with Gasteiger partial charge in [0, 0.05) is 45.1 Å². The van der Waals surface area contributed by atoms with Crippen LogP contribution in [0.4, 0.5) is 0 Å². The fourth-order valence-electron chi connectivity index (χ4n) is 6.60. The summed E-state index contributed by atoms with van der Waals surface area (Å²) >= 11 is 1.28. The van der Waals surface area contributed by atoms with E-state index in [9.17, 15) is 0 Å². The van der Waals surface area contributed by atoms with Gasteiger partial charge >= 0.3 is 0 Å². The third-order valence-electron chi connectivity index (χ3n) is 8.55. The van der Waals surface area contributed by atoms with Crippen molar-refractivity contribution >= 4 is 78.8 Å². The summed E-state index contributed by atoms with van der Waals surface area (Å²) in [4.78, 5) is 0. The molecular weight excluding hydrogens is 545 g/mol. The summed E-state index contributed by atoms with van der Waals surface area (Å²) in [5.41, 5.74) is 13.7. The molecule has 0 spiro atoms. The van der Waals surface area contributed by atoms with Crippen LogP contribution in [0.5, 0.6) is 0 Å². The fourth-order valence-corrected chi connectivity index (χ4v) is 7.18. The average Bonchev–Trinajstić information content (AvgIpc) is 3.70. The van der Waals surface area contributed by atoms with Crippen molar-refractivity contribution in [1.29, 1.82) is 0 Å². The second-order valence-electron chi connectivity index (χ2n) is 11.3. The monoisotopic (exact) mass is 574 g/mol. The summed E-state index contributed by atoms with van der Waals surface area (Å²) in [6.45, 7) is 8.43. The van der Waals surface area contributed by atoms with Crippen molar-refractivity contribution in [3.05, 3.63) is 108 Å². The molecule has 5 aromatic carbocycles. The van der Waals surface area contributed by atoms with Crippen LogP contribution in [0, 0.1) is 13.8 Å². The topological polar surface area (TPSA) is 35.6 Å². The van der Waals surface area contributed by atoms with Gasteiger partial charge in [0.1, 0.15) is 11.0 Å². The number of hydrogen-bond acceptors (Lipinski definition) is 3. The highest BCUT2D eigenvalue weighted by atomic mass is 32.1. The Bertz CT molecular complexity index is 2280. The Hall–Kier alpha value is -5.00. The van der Waals surface area contributed by atoms with E-state index in [1.165, 1.54) is 66.5 Å². The van der Waals surface area contributed by atoms with Crippen molar-refractivity contribution < 1.29 is 0 Å². The predicted octanol–water partition coefficient (Wildman–Crippen LogP) is 10.8. The first-order chi connectivity index (χ1) is 21.1. The highest BCUT2D eigenvalue weighted by Gasteiger charge is 2.17. The first kappa shape index (κ1) is 25.7. The van der Waals surface area contributed by atoms with Gasteiger partial charge in [-0.15, -0.1) is 0 Å². The van der Waals surface area contributed by atoms with E-state index in [0.717, 1.165) is 33.3 Å². The van der Waals surface area contributed by atoms with E-state index in [4.69, 9.17) is 8.75 Å². The van der Waals surface area contributed by atoms with Crippen molar-refractivity contribution in [2.45, 2.75) is 27.7 Å². The van der Waals surface area contributed by atoms with E-state index in [1.807, 2.05) is 0 Å². The molecule has 0 unspecified atom stereocenters. The molecule has 3 heterocycles. The Labute approximate surface area is 254 Å². The molecule has 0 saturated carbocycles. The van der Waals surface area contributed by atoms with E-state index in [-0.39, 0.29) is 0 Å². The normalized spacial score (nSPS) is 12.5. The lowest BCUT2D eigenvalue weighted by atomic mass is 9.96. The van der Waals surface area contributed by atoms with Gasteiger partial charge in [-0.1, -0.05) is 72.8 Å². The molecule has 0 bridgehead atoms. The van der Waals surface area contributed by atoms with Crippen molar-refractivity contribution in [2.24, 2.45) is 0 Å². The van der Waals surface area contributed by atoms with Crippen molar-refractivity contribution in [2.75, 3.05) is 0 Å². The Morgan fingerprint density at radius 1 is 0.512 bits per heavy atom. The van der Waals surface area contributed by atoms with Crippen LogP contribution in [0.1, 0.15) is 25.0 Å². The molecule has 8 aromatic rings. The Kier molecular flexibility index (Phi) is 5.85. The second-order valence-corrected chi connectivity index (χ2v) is 11.9. The molecule has 0 aliphatic heterocycles. The molecule has 0 aliphatic rings. The van der Waals surface area contributed by atoms with Crippen LogP contribution >= 0.6 is 11.7 Å². The van der Waals surface area contributed by atoms with Gasteiger partial charge in [-0.3, -0.25) is 0 Å². The number of allylic oxidation sites excluding steroid dienone is 2. The van der Waals surface area contributed by atoms with Gasteiger partial charge in [0.05, 0.1) is 33.8 Å². The first-order valence-electron chi connectivity index (χ1n) is 14.7. The second kappa shape index (κ2) is 9.79. The number of aryl methyl sites for hydroxylation is 2. The predicted molar refractivity (Wildman–Crippen MR) is 186 cm³/mol. The SMILES string of the molecule is CC=Cn1c2cc(C)ccc2c2ccc(-c3ccc(-c4ccc5c6ccc(C)cc6n(C=CC)c5c4)c4nsnc34)cc21. The van der Waals surface area contributed by atoms with Gasteiger partial charge < -0.3 is 9.13 Å². The molecule has 208 valence electrons. The van der Waals surface area contributed by atoms with Crippen LogP contribution in [-0.4, -0.2) is 17.9 Å². The molecule has 8 rings (SSSR count). The van der Waals surface area contributed by atoms with Crippen molar-refractivity contribution in [3.8, 4) is 22.3 Å². The van der Waals surface area contributed by atoms with Gasteiger partial charge in [-0.05, 0) is 74.2 Å². The highest BCUT2D eigenvalue weighted by molar-refractivity contribution is 7.00. The minimum Gasteiger partial charge on any atom is -0.316 e. The van der Waals surface area contributed by atoms with Crippen LogP contribution in [0.25, 0.3) is 89.3 Å². The molecule has 0 atom stereocenters. The zero-order valence-electron chi connectivity index (χ0n) is 24.6. The van der Waals surface area contributed by atoms with Crippen LogP contribution in [-0.2, 0) is 0 Å². The molecular formula is C38H30N4S. The van der Waals surface area contributed by atoms with Gasteiger partial charge in [0.25, 0.3) is 0 Å². The number of nitrogens with zero attached hydrogens (tertiary/aromatic N) is 4. The van der Waals surface area contributed by atoms with Crippen molar-refractivity contribution in [3.63, 3.8) is 0 Å². The Morgan fingerprint density at radius 3 is 1.33 bits per heavy atom. The van der Waals surface area contributed by atoms with Gasteiger partial charge in [0.2, 0.25) is 0 Å². The van der Waals surface area contributed by atoms with Crippen LogP contribution in [0.2, 0.25) is 0 Å². The Morgan fingerprint density at radius 2 is 0.907 bits per heavy atom. The molecule has 0 aliphatic carbocycles. The molecule has 5 heteroatoms. The smallest absolute Gasteiger partial charge is 0.113 e. The highest BCUT2D eigenvalue weighted by Crippen LogP contribution is 2.39. The molecule has 0 N–H and O–H groups in total. The summed E-state index contributed by atoms with van der Waals surface area (Å²) < 4.78 is 14.2. The molecule has 3 aromatic heterocycles. The third kappa shape index (κ3) is 3.89. The quantitative estimate of drug-likeness (QED) is 0.210. The standard InChI is InChI=1S/C38H30N4S/c1-5-17-41-33-19-23(3)7-11-29(33)31-13-9-25(21-35(31)41)27-15-16-28(38-37(27)39-43-40-38)26-10-14-32-30-12-8-24(4)20-34(30)42(18-6-2)36(32)22-26/h5-22H,1-4H3. The summed E-state index contributed by atoms with van der Waals surface area (Å²) in [6, 6.07) is 31.3. The largest absolute Gasteiger partial charge is 0.316 e.